The number of nitrogens with zero attached hydrogens (tertiary/aromatic N) is 3. The fraction of sp³-hybridized carbons (Fsp3) is 0.143. The van der Waals surface area contributed by atoms with Gasteiger partial charge >= 0.3 is 0 Å². The van der Waals surface area contributed by atoms with Gasteiger partial charge in [0.2, 0.25) is 0 Å². The molecule has 0 spiro atoms. The van der Waals surface area contributed by atoms with E-state index in [-0.39, 0.29) is 5.91 Å². The predicted octanol–water partition coefficient (Wildman–Crippen LogP) is 0.908. The molecule has 3 rings (SSSR count). The van der Waals surface area contributed by atoms with Gasteiger partial charge in [0.1, 0.15) is 18.0 Å². The molecule has 2 aromatic heterocycles. The molecular weight excluding hydrogens is 268 g/mol. The lowest BCUT2D eigenvalue weighted by molar-refractivity contribution is 0.0955. The highest BCUT2D eigenvalue weighted by molar-refractivity contribution is 6.08. The van der Waals surface area contributed by atoms with E-state index >= 15 is 0 Å². The van der Waals surface area contributed by atoms with Crippen molar-refractivity contribution in [1.29, 1.82) is 0 Å². The number of amides is 1. The Morgan fingerprint density at radius 1 is 1.24 bits per heavy atom. The average Bonchev–Trinajstić information content (AvgIpc) is 3.01. The van der Waals surface area contributed by atoms with Gasteiger partial charge in [-0.25, -0.2) is 9.97 Å². The van der Waals surface area contributed by atoms with Crippen molar-refractivity contribution < 1.29 is 4.79 Å². The maximum atomic E-state index is 12.3. The maximum Gasteiger partial charge on any atom is 0.253 e. The van der Waals surface area contributed by atoms with Crippen LogP contribution >= 0.6 is 0 Å². The minimum atomic E-state index is -0.182. The molecule has 0 saturated heterocycles. The summed E-state index contributed by atoms with van der Waals surface area (Å²) in [6.45, 7) is 0.465. The van der Waals surface area contributed by atoms with Crippen molar-refractivity contribution in [3.05, 3.63) is 48.2 Å². The van der Waals surface area contributed by atoms with Gasteiger partial charge in [0, 0.05) is 24.5 Å². The molecule has 21 heavy (non-hydrogen) atoms. The first kappa shape index (κ1) is 13.0. The van der Waals surface area contributed by atoms with E-state index in [4.69, 9.17) is 5.73 Å². The van der Waals surface area contributed by atoms with Gasteiger partial charge in [-0.05, 0) is 5.39 Å². The number of carbonyl (C=O) groups excluding carboxylic acids is 1. The number of nitrogens with one attached hydrogen (secondary N) is 2. The zero-order valence-corrected chi connectivity index (χ0v) is 11.2. The van der Waals surface area contributed by atoms with Crippen LogP contribution in [0.4, 0.5) is 5.82 Å². The van der Waals surface area contributed by atoms with Crippen LogP contribution in [0.3, 0.4) is 0 Å². The fourth-order valence-electron chi connectivity index (χ4n) is 2.14. The van der Waals surface area contributed by atoms with E-state index in [0.717, 1.165) is 16.6 Å². The van der Waals surface area contributed by atoms with Gasteiger partial charge in [-0.3, -0.25) is 9.89 Å². The minimum absolute atomic E-state index is 0.182. The molecule has 1 amide bonds. The van der Waals surface area contributed by atoms with Crippen LogP contribution in [0.5, 0.6) is 0 Å². The Kier molecular flexibility index (Phi) is 3.46. The Hall–Kier alpha value is -2.96. The summed E-state index contributed by atoms with van der Waals surface area (Å²) in [5.74, 6) is 0.970. The first-order chi connectivity index (χ1) is 10.3. The largest absolute Gasteiger partial charge is 0.383 e. The van der Waals surface area contributed by atoms with Crippen LogP contribution in [0.25, 0.3) is 10.8 Å². The Labute approximate surface area is 120 Å². The number of carbonyl (C=O) groups is 1. The summed E-state index contributed by atoms with van der Waals surface area (Å²) in [5.41, 5.74) is 6.34. The molecule has 3 aromatic rings. The zero-order chi connectivity index (χ0) is 14.7. The molecule has 106 valence electrons. The van der Waals surface area contributed by atoms with Gasteiger partial charge in [-0.2, -0.15) is 5.10 Å². The molecule has 4 N–H and O–H groups in total. The zero-order valence-electron chi connectivity index (χ0n) is 11.2. The van der Waals surface area contributed by atoms with E-state index in [2.05, 4.69) is 25.5 Å². The van der Waals surface area contributed by atoms with Crippen molar-refractivity contribution in [3.63, 3.8) is 0 Å². The van der Waals surface area contributed by atoms with Gasteiger partial charge in [-0.15, -0.1) is 0 Å². The number of aromatic amines is 1. The molecule has 0 aliphatic heterocycles. The third kappa shape index (κ3) is 2.66. The molecule has 0 unspecified atom stereocenters. The van der Waals surface area contributed by atoms with E-state index in [0.29, 0.717) is 24.3 Å². The highest BCUT2D eigenvalue weighted by Gasteiger charge is 2.12. The summed E-state index contributed by atoms with van der Waals surface area (Å²) in [6, 6.07) is 7.45. The third-order valence-electron chi connectivity index (χ3n) is 3.18. The number of nitrogens with two attached hydrogens (primary N) is 1. The van der Waals surface area contributed by atoms with Crippen LogP contribution in [-0.4, -0.2) is 32.6 Å². The number of pyridine rings is 1. The summed E-state index contributed by atoms with van der Waals surface area (Å²) in [4.78, 5) is 20.3. The van der Waals surface area contributed by atoms with Gasteiger partial charge < -0.3 is 11.1 Å². The molecule has 0 bridgehead atoms. The number of aromatic nitrogens is 4. The SMILES string of the molecule is Nc1ncc(C(=O)NCCc2ncn[nH]2)c2ccccc12. The molecular formula is C14H14N6O. The normalized spacial score (nSPS) is 10.7. The molecule has 0 aliphatic carbocycles. The molecule has 1 aromatic carbocycles. The summed E-state index contributed by atoms with van der Waals surface area (Å²) in [7, 11) is 0. The van der Waals surface area contributed by atoms with E-state index in [1.54, 1.807) is 0 Å². The third-order valence-corrected chi connectivity index (χ3v) is 3.18. The topological polar surface area (TPSA) is 110 Å². The van der Waals surface area contributed by atoms with Gasteiger partial charge in [0.05, 0.1) is 5.56 Å². The number of anilines is 1. The van der Waals surface area contributed by atoms with Crippen LogP contribution in [0.2, 0.25) is 0 Å². The number of hydrogen-bond donors (Lipinski definition) is 3. The van der Waals surface area contributed by atoms with Crippen molar-refractivity contribution >= 4 is 22.5 Å². The first-order valence-electron chi connectivity index (χ1n) is 6.51. The molecule has 0 radical (unpaired) electrons. The van der Waals surface area contributed by atoms with Crippen molar-refractivity contribution in [3.8, 4) is 0 Å². The van der Waals surface area contributed by atoms with E-state index in [9.17, 15) is 4.79 Å². The lowest BCUT2D eigenvalue weighted by atomic mass is 10.1. The van der Waals surface area contributed by atoms with Crippen LogP contribution in [0.15, 0.2) is 36.8 Å². The average molecular weight is 282 g/mol. The first-order valence-corrected chi connectivity index (χ1v) is 6.51. The van der Waals surface area contributed by atoms with Crippen LogP contribution in [-0.2, 0) is 6.42 Å². The number of hydrogen-bond acceptors (Lipinski definition) is 5. The Bertz CT molecular complexity index is 768. The number of rotatable bonds is 4. The highest BCUT2D eigenvalue weighted by Crippen LogP contribution is 2.22. The van der Waals surface area contributed by atoms with Gasteiger partial charge in [0.15, 0.2) is 0 Å². The number of nitrogen functional groups attached to an aromatic ring is 1. The van der Waals surface area contributed by atoms with Crippen LogP contribution in [0, 0.1) is 0 Å². The number of H-pyrrole nitrogens is 1. The van der Waals surface area contributed by atoms with Crippen LogP contribution < -0.4 is 11.1 Å². The van der Waals surface area contributed by atoms with E-state index in [1.165, 1.54) is 12.5 Å². The van der Waals surface area contributed by atoms with Crippen molar-refractivity contribution in [1.82, 2.24) is 25.5 Å². The molecule has 0 saturated carbocycles. The summed E-state index contributed by atoms with van der Waals surface area (Å²) in [6.07, 6.45) is 3.53. The summed E-state index contributed by atoms with van der Waals surface area (Å²) < 4.78 is 0. The van der Waals surface area contributed by atoms with Crippen molar-refractivity contribution in [2.45, 2.75) is 6.42 Å². The Morgan fingerprint density at radius 2 is 2.05 bits per heavy atom. The number of fused-ring (bicyclic) bond motifs is 1. The summed E-state index contributed by atoms with van der Waals surface area (Å²) >= 11 is 0. The lowest BCUT2D eigenvalue weighted by Gasteiger charge is -2.08. The van der Waals surface area contributed by atoms with E-state index in [1.807, 2.05) is 24.3 Å². The van der Waals surface area contributed by atoms with E-state index < -0.39 is 0 Å². The van der Waals surface area contributed by atoms with Crippen molar-refractivity contribution in [2.75, 3.05) is 12.3 Å². The Morgan fingerprint density at radius 3 is 2.81 bits per heavy atom. The maximum absolute atomic E-state index is 12.3. The lowest BCUT2D eigenvalue weighted by Crippen LogP contribution is -2.26. The predicted molar refractivity (Wildman–Crippen MR) is 78.6 cm³/mol. The molecule has 7 heteroatoms. The standard InChI is InChI=1S/C14H14N6O/c15-13-10-4-2-1-3-9(10)11(7-17-13)14(21)16-6-5-12-18-8-19-20-12/h1-4,7-8H,5-6H2,(H2,15,17)(H,16,21)(H,18,19,20). The quantitative estimate of drug-likeness (QED) is 0.659. The Balaban J connectivity index is 1.77. The molecule has 0 atom stereocenters. The molecule has 7 nitrogen and oxygen atoms in total. The second kappa shape index (κ2) is 5.58. The van der Waals surface area contributed by atoms with Gasteiger partial charge in [-0.1, -0.05) is 24.3 Å². The second-order valence-corrected chi connectivity index (χ2v) is 4.54. The fourth-order valence-corrected chi connectivity index (χ4v) is 2.14. The molecule has 0 aliphatic rings. The number of benzene rings is 1. The van der Waals surface area contributed by atoms with Gasteiger partial charge in [0.25, 0.3) is 5.91 Å². The second-order valence-electron chi connectivity index (χ2n) is 4.54. The molecule has 0 fully saturated rings. The summed E-state index contributed by atoms with van der Waals surface area (Å²) in [5, 5.41) is 10.9. The smallest absolute Gasteiger partial charge is 0.253 e. The highest BCUT2D eigenvalue weighted by atomic mass is 16.1. The van der Waals surface area contributed by atoms with Crippen LogP contribution in [0.1, 0.15) is 16.2 Å². The minimum Gasteiger partial charge on any atom is -0.383 e. The monoisotopic (exact) mass is 282 g/mol. The molecule has 2 heterocycles. The van der Waals surface area contributed by atoms with Crippen molar-refractivity contribution in [2.24, 2.45) is 0 Å².